The number of aliphatic hydroxyl groups excluding tert-OH is 24. The largest absolute Gasteiger partial charge is 0.394 e. The summed E-state index contributed by atoms with van der Waals surface area (Å²) in [6.45, 7) is -7.60. The maximum Gasteiger partial charge on any atom is 0.189 e. The average molecular weight is 1280 g/mol. The van der Waals surface area contributed by atoms with Crippen molar-refractivity contribution in [2.24, 2.45) is 0 Å². The fourth-order valence-electron chi connectivity index (χ4n) is 11.7. The summed E-state index contributed by atoms with van der Waals surface area (Å²) in [5, 5.41) is 265. The summed E-state index contributed by atoms with van der Waals surface area (Å²) in [4.78, 5) is 0. The van der Waals surface area contributed by atoms with Crippen molar-refractivity contribution in [2.75, 3.05) is 46.2 Å². The first-order chi connectivity index (χ1) is 41.4. The Labute approximate surface area is 489 Å². The Bertz CT molecular complexity index is 2110. The van der Waals surface area contributed by atoms with E-state index in [4.69, 9.17) is 75.8 Å². The molecule has 30 aliphatic rings. The zero-order valence-electron chi connectivity index (χ0n) is 45.3. The van der Waals surface area contributed by atoms with Gasteiger partial charge in [-0.2, -0.15) is 0 Å². The topological polar surface area (TPSA) is 633 Å². The van der Waals surface area contributed by atoms with Crippen LogP contribution in [0.2, 0.25) is 0 Å². The third kappa shape index (κ3) is 13.7. The van der Waals surface area contributed by atoms with Gasteiger partial charge in [0.2, 0.25) is 0 Å². The smallest absolute Gasteiger partial charge is 0.189 e. The lowest BCUT2D eigenvalue weighted by atomic mass is 9.95. The van der Waals surface area contributed by atoms with E-state index >= 15 is 0 Å². The molecule has 30 heterocycles. The molecular formula is C47H78O40. The molecule has 0 aromatic rings. The lowest BCUT2D eigenvalue weighted by Gasteiger charge is -2.50. The van der Waals surface area contributed by atoms with Crippen molar-refractivity contribution in [1.29, 1.82) is 0 Å². The van der Waals surface area contributed by atoms with E-state index in [1.54, 1.807) is 0 Å². The van der Waals surface area contributed by atoms with Crippen molar-refractivity contribution in [3.8, 4) is 0 Å². The van der Waals surface area contributed by atoms with E-state index in [-0.39, 0.29) is 0 Å². The zero-order valence-corrected chi connectivity index (χ0v) is 45.3. The first-order valence-corrected chi connectivity index (χ1v) is 27.7. The molecule has 0 aromatic carbocycles. The van der Waals surface area contributed by atoms with Crippen molar-refractivity contribution >= 4 is 0 Å². The van der Waals surface area contributed by atoms with Crippen molar-refractivity contribution in [2.45, 2.75) is 246 Å². The standard InChI is InChI=1S/C47H78O40/c48-1-8-31-15(55)23(63)40(72-8)80-32-9(2-49)74-42(25(65)17(32)57)82-34-11(4-51)76-44(27(67)19(34)59)84-36-13(6-53)78-46(29(69)21(36)61)86-38-22(62)30(70)47(87-39(38)71)85-37-14(7-54)77-45(28(68)20(37)60)83-35-12(5-52)75-43(26(66)18(35)58)81-33-10(3-50)73-41(79-31)24(64)16(33)56/h8-71H,1-7H2/t8?,9?,10?,11?,12?,13?,14?,15-,16-,17-,18-,19-,20-,21-,22-,23?,24?,25?,26?,27?,28?,29?,30?,31-,32-,33-,34-,35-,36-,37-,38+,39?,40-,41-,42-,43-,44-,45-,46-,47+/m1/s1. The molecule has 30 aliphatic heterocycles. The van der Waals surface area contributed by atoms with Gasteiger partial charge in [0.25, 0.3) is 0 Å². The minimum atomic E-state index is -2.38. The molecule has 40 nitrogen and oxygen atoms in total. The summed E-state index contributed by atoms with van der Waals surface area (Å²) >= 11 is 0. The summed E-state index contributed by atoms with van der Waals surface area (Å²) in [5.41, 5.74) is 0. The van der Waals surface area contributed by atoms with E-state index in [1.807, 2.05) is 0 Å². The van der Waals surface area contributed by atoms with Gasteiger partial charge in [-0.15, -0.1) is 0 Å². The number of rotatable bonds is 7. The summed E-state index contributed by atoms with van der Waals surface area (Å²) in [6, 6.07) is 0. The zero-order chi connectivity index (χ0) is 63.4. The molecule has 16 unspecified atom stereocenters. The second kappa shape index (κ2) is 29.4. The molecule has 0 amide bonds. The van der Waals surface area contributed by atoms with Crippen LogP contribution < -0.4 is 0 Å². The Hall–Kier alpha value is -1.60. The molecule has 30 saturated heterocycles. The molecule has 0 spiro atoms. The molecule has 40 heteroatoms. The number of ether oxygens (including phenoxy) is 16. The van der Waals surface area contributed by atoms with Gasteiger partial charge >= 0.3 is 0 Å². The SMILES string of the molecule is OCC1O[C@@H]2O[C@@H]3C(CO)O[C@H](O[C@@H]4C(CO)O[C@H](O[C@@H]5C(CO)O[C@H](O[C@@H]6C(CO)O[C@H](O[C@@H]7C(CO)O[C@H](O[C@@H]8C(CO)O[C@H](O[C@@H]9C(O)O[C@H](O[C@H]1[C@H](O)C2O)C(O)[C@H]9O)C(O)[C@H]8O)C(O)[C@H]7O)C(O)[C@H]6O)C(O)[C@H]5O)C(O)[C@H]4O)C(O)[C@H]3O. The normalized spacial score (nSPS) is 55.9. The van der Waals surface area contributed by atoms with Crippen LogP contribution in [0.25, 0.3) is 0 Å². The monoisotopic (exact) mass is 1280 g/mol. The predicted molar refractivity (Wildman–Crippen MR) is 256 cm³/mol. The summed E-state index contributed by atoms with van der Waals surface area (Å²) in [5.74, 6) is 0. The van der Waals surface area contributed by atoms with E-state index in [0.29, 0.717) is 0 Å². The van der Waals surface area contributed by atoms with Gasteiger partial charge in [0.05, 0.1) is 46.2 Å². The van der Waals surface area contributed by atoms with Crippen LogP contribution in [0.1, 0.15) is 0 Å². The molecule has 16 bridgehead atoms. The molecule has 0 saturated carbocycles. The Balaban J connectivity index is 0.969. The van der Waals surface area contributed by atoms with Crippen LogP contribution in [0, 0.1) is 0 Å². The first-order valence-electron chi connectivity index (χ1n) is 27.7. The molecule has 30 fully saturated rings. The quantitative estimate of drug-likeness (QED) is 0.113. The lowest BCUT2D eigenvalue weighted by molar-refractivity contribution is -0.412. The third-order valence-electron chi connectivity index (χ3n) is 16.6. The van der Waals surface area contributed by atoms with Crippen molar-refractivity contribution in [3.05, 3.63) is 0 Å². The maximum atomic E-state index is 11.4. The fourth-order valence-corrected chi connectivity index (χ4v) is 11.7. The molecule has 506 valence electrons. The molecule has 0 aliphatic carbocycles. The molecule has 40 atom stereocenters. The second-order valence-corrected chi connectivity index (χ2v) is 22.1. The van der Waals surface area contributed by atoms with Gasteiger partial charge < -0.3 is 198 Å². The molecular weight excluding hydrogens is 1200 g/mol. The Morgan fingerprint density at radius 1 is 0.149 bits per heavy atom. The molecule has 87 heavy (non-hydrogen) atoms. The van der Waals surface area contributed by atoms with Gasteiger partial charge in [0.15, 0.2) is 56.6 Å². The van der Waals surface area contributed by atoms with Crippen LogP contribution in [0.3, 0.4) is 0 Å². The molecule has 24 N–H and O–H groups in total. The van der Waals surface area contributed by atoms with Gasteiger partial charge in [-0.1, -0.05) is 0 Å². The average Bonchev–Trinajstić information content (AvgIpc) is 1.43. The summed E-state index contributed by atoms with van der Waals surface area (Å²) < 4.78 is 90.2. The van der Waals surface area contributed by atoms with Crippen LogP contribution in [0.4, 0.5) is 0 Å². The highest BCUT2D eigenvalue weighted by Crippen LogP contribution is 2.39. The number of hydrogen-bond donors (Lipinski definition) is 24. The van der Waals surface area contributed by atoms with Crippen molar-refractivity contribution in [3.63, 3.8) is 0 Å². The van der Waals surface area contributed by atoms with E-state index < -0.39 is 292 Å². The first kappa shape index (κ1) is 69.7. The van der Waals surface area contributed by atoms with Crippen LogP contribution in [-0.2, 0) is 75.8 Å². The number of aliphatic hydroxyl groups is 24. The van der Waals surface area contributed by atoms with Crippen molar-refractivity contribution < 1.29 is 198 Å². The Morgan fingerprint density at radius 3 is 0.425 bits per heavy atom. The minimum Gasteiger partial charge on any atom is -0.394 e. The maximum absolute atomic E-state index is 11.4. The Morgan fingerprint density at radius 2 is 0.276 bits per heavy atom. The highest BCUT2D eigenvalue weighted by atomic mass is 16.8. The summed E-state index contributed by atoms with van der Waals surface area (Å²) in [7, 11) is 0. The van der Waals surface area contributed by atoms with E-state index in [2.05, 4.69) is 0 Å². The van der Waals surface area contributed by atoms with Gasteiger partial charge in [0, 0.05) is 0 Å². The highest BCUT2D eigenvalue weighted by molar-refractivity contribution is 5.02. The molecule has 0 radical (unpaired) electrons. The van der Waals surface area contributed by atoms with E-state index in [9.17, 15) is 123 Å². The fraction of sp³-hybridized carbons (Fsp3) is 1.00. The lowest BCUT2D eigenvalue weighted by Crippen LogP contribution is -2.69. The highest BCUT2D eigenvalue weighted by Gasteiger charge is 2.60. The predicted octanol–water partition coefficient (Wildman–Crippen LogP) is -17.4. The van der Waals surface area contributed by atoms with Crippen LogP contribution in [-0.4, -0.2) is 415 Å². The van der Waals surface area contributed by atoms with Crippen LogP contribution in [0.5, 0.6) is 0 Å². The molecule has 30 rings (SSSR count). The third-order valence-corrected chi connectivity index (χ3v) is 16.6. The Kier molecular flexibility index (Phi) is 23.5. The second-order valence-electron chi connectivity index (χ2n) is 22.1. The summed E-state index contributed by atoms with van der Waals surface area (Å²) in [6.07, 6.45) is -83.3. The minimum absolute atomic E-state index is 1.08. The van der Waals surface area contributed by atoms with Crippen molar-refractivity contribution in [1.82, 2.24) is 0 Å². The van der Waals surface area contributed by atoms with Gasteiger partial charge in [-0.25, -0.2) is 0 Å². The number of hydrogen-bond acceptors (Lipinski definition) is 40. The van der Waals surface area contributed by atoms with Crippen LogP contribution >= 0.6 is 0 Å². The molecule has 0 aromatic heterocycles. The van der Waals surface area contributed by atoms with Gasteiger partial charge in [-0.05, 0) is 0 Å². The van der Waals surface area contributed by atoms with Gasteiger partial charge in [-0.3, -0.25) is 0 Å². The van der Waals surface area contributed by atoms with E-state index in [0.717, 1.165) is 0 Å². The van der Waals surface area contributed by atoms with Crippen LogP contribution in [0.15, 0.2) is 0 Å². The van der Waals surface area contributed by atoms with E-state index in [1.165, 1.54) is 0 Å². The van der Waals surface area contributed by atoms with Gasteiger partial charge in [0.1, 0.15) is 189 Å².